The third-order valence-electron chi connectivity index (χ3n) is 6.06. The molecule has 160 valence electrons. The molecule has 3 atom stereocenters. The number of aryl methyl sites for hydroxylation is 1. The van der Waals surface area contributed by atoms with E-state index in [1.54, 1.807) is 22.8 Å². The van der Waals surface area contributed by atoms with Crippen molar-refractivity contribution >= 4 is 36.6 Å². The van der Waals surface area contributed by atoms with Gasteiger partial charge in [0.05, 0.1) is 18.2 Å². The van der Waals surface area contributed by atoms with Crippen molar-refractivity contribution in [2.45, 2.75) is 57.0 Å². The van der Waals surface area contributed by atoms with Gasteiger partial charge in [0, 0.05) is 44.9 Å². The second-order valence-electron chi connectivity index (χ2n) is 7.79. The van der Waals surface area contributed by atoms with Crippen molar-refractivity contribution in [2.75, 3.05) is 13.6 Å². The molecule has 0 radical (unpaired) electrons. The molecule has 1 aromatic rings. The summed E-state index contributed by atoms with van der Waals surface area (Å²) >= 11 is 0. The second kappa shape index (κ2) is 11.0. The molecule has 3 unspecified atom stereocenters. The Hall–Kier alpha value is -1.31. The van der Waals surface area contributed by atoms with Crippen molar-refractivity contribution in [1.82, 2.24) is 20.0 Å². The molecule has 0 spiro atoms. The van der Waals surface area contributed by atoms with Crippen LogP contribution in [-0.4, -0.2) is 46.1 Å². The van der Waals surface area contributed by atoms with Gasteiger partial charge in [-0.2, -0.15) is 5.10 Å². The molecule has 1 aliphatic carbocycles. The Morgan fingerprint density at radius 1 is 1.25 bits per heavy atom. The van der Waals surface area contributed by atoms with E-state index in [0.29, 0.717) is 25.3 Å². The van der Waals surface area contributed by atoms with Crippen LogP contribution in [0.3, 0.4) is 0 Å². The molecule has 2 fully saturated rings. The van der Waals surface area contributed by atoms with Crippen molar-refractivity contribution in [3.05, 3.63) is 18.0 Å². The van der Waals surface area contributed by atoms with Crippen LogP contribution in [0.2, 0.25) is 0 Å². The third kappa shape index (κ3) is 5.39. The van der Waals surface area contributed by atoms with Gasteiger partial charge >= 0.3 is 0 Å². The predicted molar refractivity (Wildman–Crippen MR) is 113 cm³/mol. The third-order valence-corrected chi connectivity index (χ3v) is 6.06. The Morgan fingerprint density at radius 2 is 1.93 bits per heavy atom. The van der Waals surface area contributed by atoms with Crippen LogP contribution >= 0.6 is 24.8 Å². The number of hydrogen-bond acceptors (Lipinski definition) is 4. The molecule has 9 heteroatoms. The van der Waals surface area contributed by atoms with Gasteiger partial charge in [-0.25, -0.2) is 0 Å². The molecule has 2 amide bonds. The Morgan fingerprint density at radius 3 is 2.50 bits per heavy atom. The van der Waals surface area contributed by atoms with E-state index in [4.69, 9.17) is 5.73 Å². The van der Waals surface area contributed by atoms with E-state index < -0.39 is 0 Å². The maximum absolute atomic E-state index is 13.1. The first-order valence-electron chi connectivity index (χ1n) is 9.76. The molecule has 1 aromatic heterocycles. The van der Waals surface area contributed by atoms with Crippen LogP contribution < -0.4 is 11.1 Å². The average Bonchev–Trinajstić information content (AvgIpc) is 3.08. The lowest BCUT2D eigenvalue weighted by Gasteiger charge is -2.39. The fraction of sp³-hybridized carbons (Fsp3) is 0.737. The lowest BCUT2D eigenvalue weighted by atomic mass is 9.82. The zero-order valence-electron chi connectivity index (χ0n) is 16.7. The molecule has 0 aromatic carbocycles. The number of hydrogen-bond donors (Lipinski definition) is 2. The predicted octanol–water partition coefficient (Wildman–Crippen LogP) is 2.20. The molecule has 1 saturated heterocycles. The first-order chi connectivity index (χ1) is 12.5. The normalized spacial score (nSPS) is 24.1. The maximum atomic E-state index is 13.1. The number of rotatable bonds is 5. The highest BCUT2D eigenvalue weighted by Crippen LogP contribution is 2.36. The van der Waals surface area contributed by atoms with Crippen molar-refractivity contribution in [1.29, 1.82) is 0 Å². The molecule has 3 rings (SSSR count). The summed E-state index contributed by atoms with van der Waals surface area (Å²) in [5, 5.41) is 7.44. The van der Waals surface area contributed by atoms with Crippen LogP contribution in [0, 0.1) is 11.8 Å². The van der Waals surface area contributed by atoms with E-state index >= 15 is 0 Å². The molecule has 1 aliphatic heterocycles. The number of carbonyl (C=O) groups is 2. The highest BCUT2D eigenvalue weighted by molar-refractivity contribution is 5.86. The number of aromatic nitrogens is 2. The minimum atomic E-state index is -0.269. The molecule has 2 heterocycles. The summed E-state index contributed by atoms with van der Waals surface area (Å²) in [6.45, 7) is 0.468. The summed E-state index contributed by atoms with van der Waals surface area (Å²) in [4.78, 5) is 27.0. The smallest absolute Gasteiger partial charge is 0.225 e. The number of likely N-dealkylation sites (tertiary alicyclic amines) is 1. The molecule has 0 bridgehead atoms. The quantitative estimate of drug-likeness (QED) is 0.743. The minimum Gasteiger partial charge on any atom is -0.352 e. The highest BCUT2D eigenvalue weighted by Gasteiger charge is 2.40. The zero-order chi connectivity index (χ0) is 18.7. The van der Waals surface area contributed by atoms with Crippen molar-refractivity contribution < 1.29 is 9.59 Å². The summed E-state index contributed by atoms with van der Waals surface area (Å²) < 4.78 is 1.71. The van der Waals surface area contributed by atoms with E-state index in [2.05, 4.69) is 10.4 Å². The SMILES string of the molecule is CN1C(=O)CCC(C(=O)NC(CN)C2CCCCC2)C1c1cnn(C)c1.Cl.Cl. The van der Waals surface area contributed by atoms with E-state index in [0.717, 1.165) is 18.4 Å². The van der Waals surface area contributed by atoms with Crippen LogP contribution in [0.15, 0.2) is 12.4 Å². The molecule has 3 N–H and O–H groups in total. The second-order valence-corrected chi connectivity index (χ2v) is 7.79. The summed E-state index contributed by atoms with van der Waals surface area (Å²) in [6.07, 6.45) is 10.6. The van der Waals surface area contributed by atoms with Crippen LogP contribution in [0.1, 0.15) is 56.6 Å². The maximum Gasteiger partial charge on any atom is 0.225 e. The van der Waals surface area contributed by atoms with Gasteiger partial charge in [-0.05, 0) is 25.2 Å². The topological polar surface area (TPSA) is 93.2 Å². The molecule has 2 aliphatic rings. The zero-order valence-corrected chi connectivity index (χ0v) is 18.3. The van der Waals surface area contributed by atoms with E-state index in [1.807, 2.05) is 13.2 Å². The summed E-state index contributed by atoms with van der Waals surface area (Å²) in [7, 11) is 3.62. The Balaban J connectivity index is 0.00000196. The Labute approximate surface area is 179 Å². The largest absolute Gasteiger partial charge is 0.352 e. The number of piperidine rings is 1. The van der Waals surface area contributed by atoms with E-state index in [-0.39, 0.29) is 54.6 Å². The number of nitrogens with zero attached hydrogens (tertiary/aromatic N) is 3. The monoisotopic (exact) mass is 433 g/mol. The highest BCUT2D eigenvalue weighted by atomic mass is 35.5. The van der Waals surface area contributed by atoms with Gasteiger partial charge in [0.15, 0.2) is 0 Å². The Kier molecular flexibility index (Phi) is 9.74. The summed E-state index contributed by atoms with van der Waals surface area (Å²) in [5.74, 6) is 0.293. The van der Waals surface area contributed by atoms with Crippen molar-refractivity contribution in [3.8, 4) is 0 Å². The standard InChI is InChI=1S/C19H31N5O2.2ClH/c1-23-12-14(11-21-23)18-15(8-9-17(25)24(18)2)19(26)22-16(10-20)13-6-4-3-5-7-13;;/h11-13,15-16,18H,3-10,20H2,1-2H3,(H,22,26);2*1H. The summed E-state index contributed by atoms with van der Waals surface area (Å²) in [6, 6.07) is -0.241. The van der Waals surface area contributed by atoms with Gasteiger partial charge in [-0.1, -0.05) is 19.3 Å². The fourth-order valence-corrected chi connectivity index (χ4v) is 4.56. The average molecular weight is 434 g/mol. The van der Waals surface area contributed by atoms with Gasteiger partial charge in [0.25, 0.3) is 0 Å². The van der Waals surface area contributed by atoms with Gasteiger partial charge in [-0.15, -0.1) is 24.8 Å². The number of nitrogens with one attached hydrogen (secondary N) is 1. The number of carbonyl (C=O) groups excluding carboxylic acids is 2. The summed E-state index contributed by atoms with van der Waals surface area (Å²) in [5.41, 5.74) is 6.89. The molecular weight excluding hydrogens is 401 g/mol. The van der Waals surface area contributed by atoms with Crippen molar-refractivity contribution in [2.24, 2.45) is 24.6 Å². The lowest BCUT2D eigenvalue weighted by molar-refractivity contribution is -0.142. The number of nitrogens with two attached hydrogens (primary N) is 1. The minimum absolute atomic E-state index is 0. The molecule has 1 saturated carbocycles. The van der Waals surface area contributed by atoms with Crippen molar-refractivity contribution in [3.63, 3.8) is 0 Å². The molecule has 28 heavy (non-hydrogen) atoms. The van der Waals surface area contributed by atoms with Gasteiger partial charge in [-0.3, -0.25) is 14.3 Å². The van der Waals surface area contributed by atoms with Crippen LogP contribution in [-0.2, 0) is 16.6 Å². The van der Waals surface area contributed by atoms with Crippen LogP contribution in [0.25, 0.3) is 0 Å². The first kappa shape index (κ1) is 24.7. The number of halogens is 2. The van der Waals surface area contributed by atoms with Gasteiger partial charge < -0.3 is 16.0 Å². The molecular formula is C19H33Cl2N5O2. The van der Waals surface area contributed by atoms with Gasteiger partial charge in [0.1, 0.15) is 0 Å². The van der Waals surface area contributed by atoms with Crippen LogP contribution in [0.4, 0.5) is 0 Å². The van der Waals surface area contributed by atoms with E-state index in [1.165, 1.54) is 19.3 Å². The Bertz CT molecular complexity index is 648. The first-order valence-corrected chi connectivity index (χ1v) is 9.76. The van der Waals surface area contributed by atoms with Gasteiger partial charge in [0.2, 0.25) is 11.8 Å². The fourth-order valence-electron chi connectivity index (χ4n) is 4.56. The lowest BCUT2D eigenvalue weighted by Crippen LogP contribution is -2.52. The number of amides is 2. The van der Waals surface area contributed by atoms with Crippen LogP contribution in [0.5, 0.6) is 0 Å². The molecule has 7 nitrogen and oxygen atoms in total. The van der Waals surface area contributed by atoms with E-state index in [9.17, 15) is 9.59 Å².